The fraction of sp³-hybridized carbons (Fsp3) is 0.312. The lowest BCUT2D eigenvalue weighted by atomic mass is 9.83. The molecule has 0 saturated carbocycles. The van der Waals surface area contributed by atoms with E-state index in [1.54, 1.807) is 11.3 Å². The van der Waals surface area contributed by atoms with Crippen LogP contribution in [0.4, 0.5) is 0 Å². The van der Waals surface area contributed by atoms with Gasteiger partial charge in [-0.05, 0) is 36.4 Å². The molecule has 0 N–H and O–H groups in total. The number of pyridine rings is 1. The summed E-state index contributed by atoms with van der Waals surface area (Å²) in [5, 5.41) is 11.5. The van der Waals surface area contributed by atoms with E-state index in [0.717, 1.165) is 23.2 Å². The first-order valence-corrected chi connectivity index (χ1v) is 7.54. The summed E-state index contributed by atoms with van der Waals surface area (Å²) in [4.78, 5) is 9.83. The number of nitrogens with zero attached hydrogens (tertiary/aromatic N) is 3. The van der Waals surface area contributed by atoms with E-state index in [2.05, 4.69) is 34.4 Å². The Hall–Kier alpha value is -1.99. The van der Waals surface area contributed by atoms with Gasteiger partial charge in [-0.3, -0.25) is 9.98 Å². The predicted octanol–water partition coefficient (Wildman–Crippen LogP) is 3.93. The Kier molecular flexibility index (Phi) is 3.15. The highest BCUT2D eigenvalue weighted by Crippen LogP contribution is 2.37. The van der Waals surface area contributed by atoms with Crippen LogP contribution < -0.4 is 0 Å². The number of aromatic nitrogens is 1. The topological polar surface area (TPSA) is 49.0 Å². The lowest BCUT2D eigenvalue weighted by Gasteiger charge is -2.17. The minimum Gasteiger partial charge on any atom is -0.286 e. The molecule has 100 valence electrons. The van der Waals surface area contributed by atoms with E-state index in [-0.39, 0.29) is 0 Å². The number of hydrogen-bond acceptors (Lipinski definition) is 4. The number of aliphatic imine (C=N–C) groups is 1. The van der Waals surface area contributed by atoms with Crippen molar-refractivity contribution in [1.82, 2.24) is 4.98 Å². The minimum absolute atomic E-state index is 0.404. The van der Waals surface area contributed by atoms with Crippen LogP contribution in [-0.4, -0.2) is 11.2 Å². The molecule has 0 amide bonds. The molecule has 4 heteroatoms. The third-order valence-electron chi connectivity index (χ3n) is 3.99. The van der Waals surface area contributed by atoms with Crippen molar-refractivity contribution in [2.75, 3.05) is 0 Å². The summed E-state index contributed by atoms with van der Waals surface area (Å²) in [6.45, 7) is 4.72. The smallest absolute Gasteiger partial charge is 0.0818 e. The van der Waals surface area contributed by atoms with Gasteiger partial charge in [0, 0.05) is 28.4 Å². The Morgan fingerprint density at radius 1 is 1.50 bits per heavy atom. The Labute approximate surface area is 122 Å². The zero-order valence-corrected chi connectivity index (χ0v) is 12.4. The van der Waals surface area contributed by atoms with E-state index in [1.807, 2.05) is 25.4 Å². The van der Waals surface area contributed by atoms with Crippen LogP contribution in [0.1, 0.15) is 37.1 Å². The lowest BCUT2D eigenvalue weighted by molar-refractivity contribution is 0.589. The van der Waals surface area contributed by atoms with Crippen LogP contribution in [0.3, 0.4) is 0 Å². The van der Waals surface area contributed by atoms with Gasteiger partial charge in [-0.25, -0.2) is 0 Å². The Morgan fingerprint density at radius 3 is 3.10 bits per heavy atom. The number of thiophene rings is 1. The van der Waals surface area contributed by atoms with Gasteiger partial charge >= 0.3 is 0 Å². The third-order valence-corrected chi connectivity index (χ3v) is 4.95. The van der Waals surface area contributed by atoms with E-state index in [4.69, 9.17) is 0 Å². The molecule has 0 spiro atoms. The molecule has 1 atom stereocenters. The standard InChI is InChI=1S/C16H15N3S/c1-3-16(2,10-17)11-6-15(20-9-11)12-4-5-19-14-8-18-7-13(12)14/h4-7,9H,3,8H2,1-2H3. The largest absolute Gasteiger partial charge is 0.286 e. The molecule has 3 nitrogen and oxygen atoms in total. The zero-order chi connectivity index (χ0) is 14.2. The lowest BCUT2D eigenvalue weighted by Crippen LogP contribution is -2.16. The molecule has 0 saturated heterocycles. The molecule has 0 aliphatic carbocycles. The van der Waals surface area contributed by atoms with Crippen LogP contribution in [0.25, 0.3) is 10.4 Å². The van der Waals surface area contributed by atoms with Gasteiger partial charge in [0.25, 0.3) is 0 Å². The Bertz CT molecular complexity index is 724. The first-order chi connectivity index (χ1) is 9.68. The van der Waals surface area contributed by atoms with E-state index in [1.165, 1.54) is 10.4 Å². The zero-order valence-electron chi connectivity index (χ0n) is 11.6. The van der Waals surface area contributed by atoms with Crippen molar-refractivity contribution in [3.8, 4) is 16.5 Å². The summed E-state index contributed by atoms with van der Waals surface area (Å²) < 4.78 is 0. The van der Waals surface area contributed by atoms with Crippen LogP contribution in [-0.2, 0) is 12.0 Å². The molecule has 3 heterocycles. The first kappa shape index (κ1) is 13.0. The van der Waals surface area contributed by atoms with E-state index in [0.29, 0.717) is 6.54 Å². The normalized spacial score (nSPS) is 15.7. The summed E-state index contributed by atoms with van der Waals surface area (Å²) in [6, 6.07) is 6.60. The summed E-state index contributed by atoms with van der Waals surface area (Å²) in [6.07, 6.45) is 4.56. The van der Waals surface area contributed by atoms with Crippen molar-refractivity contribution >= 4 is 17.6 Å². The molecule has 20 heavy (non-hydrogen) atoms. The van der Waals surface area contributed by atoms with Crippen LogP contribution >= 0.6 is 11.3 Å². The maximum Gasteiger partial charge on any atom is 0.0818 e. The fourth-order valence-electron chi connectivity index (χ4n) is 2.34. The second-order valence-electron chi connectivity index (χ2n) is 5.19. The van der Waals surface area contributed by atoms with E-state index < -0.39 is 5.41 Å². The highest BCUT2D eigenvalue weighted by atomic mass is 32.1. The van der Waals surface area contributed by atoms with Gasteiger partial charge in [-0.15, -0.1) is 11.3 Å². The van der Waals surface area contributed by atoms with Gasteiger partial charge in [0.05, 0.1) is 23.7 Å². The number of fused-ring (bicyclic) bond motifs is 1. The maximum absolute atomic E-state index is 9.40. The van der Waals surface area contributed by atoms with Crippen LogP contribution in [0.2, 0.25) is 0 Å². The van der Waals surface area contributed by atoms with E-state index >= 15 is 0 Å². The van der Waals surface area contributed by atoms with Crippen molar-refractivity contribution in [3.63, 3.8) is 0 Å². The van der Waals surface area contributed by atoms with Gasteiger partial charge in [0.1, 0.15) is 0 Å². The third kappa shape index (κ3) is 1.95. The van der Waals surface area contributed by atoms with Crippen molar-refractivity contribution < 1.29 is 0 Å². The Morgan fingerprint density at radius 2 is 2.35 bits per heavy atom. The van der Waals surface area contributed by atoms with Crippen LogP contribution in [0, 0.1) is 11.3 Å². The minimum atomic E-state index is -0.404. The predicted molar refractivity (Wildman–Crippen MR) is 82.1 cm³/mol. The molecule has 0 bridgehead atoms. The Balaban J connectivity index is 2.06. The first-order valence-electron chi connectivity index (χ1n) is 6.66. The summed E-state index contributed by atoms with van der Waals surface area (Å²) in [5.41, 5.74) is 4.03. The monoisotopic (exact) mass is 281 g/mol. The highest BCUT2D eigenvalue weighted by Gasteiger charge is 2.26. The van der Waals surface area contributed by atoms with Gasteiger partial charge < -0.3 is 0 Å². The molecular weight excluding hydrogens is 266 g/mol. The number of nitriles is 1. The second-order valence-corrected chi connectivity index (χ2v) is 6.10. The molecule has 1 unspecified atom stereocenters. The molecule has 3 rings (SSSR count). The highest BCUT2D eigenvalue weighted by molar-refractivity contribution is 7.13. The molecule has 2 aromatic heterocycles. The van der Waals surface area contributed by atoms with Gasteiger partial charge in [0.2, 0.25) is 0 Å². The average molecular weight is 281 g/mol. The van der Waals surface area contributed by atoms with Crippen molar-refractivity contribution in [3.05, 3.63) is 40.5 Å². The number of hydrogen-bond donors (Lipinski definition) is 0. The second kappa shape index (κ2) is 4.84. The average Bonchev–Trinajstić information content (AvgIpc) is 3.14. The molecule has 2 aromatic rings. The van der Waals surface area contributed by atoms with Crippen molar-refractivity contribution in [1.29, 1.82) is 5.26 Å². The summed E-state index contributed by atoms with van der Waals surface area (Å²) in [7, 11) is 0. The van der Waals surface area contributed by atoms with Crippen LogP contribution in [0.5, 0.6) is 0 Å². The summed E-state index contributed by atoms with van der Waals surface area (Å²) >= 11 is 1.69. The molecule has 0 aromatic carbocycles. The number of rotatable bonds is 3. The SMILES string of the molecule is CCC(C)(C#N)c1csc(-c2ccnc3c2C=NC3)c1. The molecule has 1 aliphatic heterocycles. The van der Waals surface area contributed by atoms with Crippen molar-refractivity contribution in [2.24, 2.45) is 4.99 Å². The maximum atomic E-state index is 9.40. The molecule has 1 aliphatic rings. The molecule has 0 radical (unpaired) electrons. The van der Waals surface area contributed by atoms with Gasteiger partial charge in [0.15, 0.2) is 0 Å². The van der Waals surface area contributed by atoms with E-state index in [9.17, 15) is 5.26 Å². The van der Waals surface area contributed by atoms with Gasteiger partial charge in [-0.2, -0.15) is 5.26 Å². The van der Waals surface area contributed by atoms with Crippen LogP contribution in [0.15, 0.2) is 28.7 Å². The fourth-order valence-corrected chi connectivity index (χ4v) is 3.42. The van der Waals surface area contributed by atoms with Crippen molar-refractivity contribution in [2.45, 2.75) is 32.2 Å². The summed E-state index contributed by atoms with van der Waals surface area (Å²) in [5.74, 6) is 0. The quantitative estimate of drug-likeness (QED) is 0.855. The molecule has 0 fully saturated rings. The van der Waals surface area contributed by atoms with Gasteiger partial charge in [-0.1, -0.05) is 6.92 Å². The molecular formula is C16H15N3S.